The minimum Gasteiger partial charge on any atom is -0.458 e. The van der Waals surface area contributed by atoms with Crippen molar-refractivity contribution in [3.63, 3.8) is 0 Å². The number of aromatic nitrogens is 4. The summed E-state index contributed by atoms with van der Waals surface area (Å²) in [6.07, 6.45) is -3.71. The molecule has 4 heterocycles. The first kappa shape index (κ1) is 30.7. The van der Waals surface area contributed by atoms with Crippen LogP contribution in [0.4, 0.5) is 0 Å². The maximum Gasteiger partial charge on any atom is 0.269 e. The van der Waals surface area contributed by atoms with Crippen molar-refractivity contribution in [1.82, 2.24) is 14.1 Å². The summed E-state index contributed by atoms with van der Waals surface area (Å²) < 4.78 is 235. The molecule has 0 N–H and O–H groups in total. The van der Waals surface area contributed by atoms with Gasteiger partial charge in [-0.3, -0.25) is 13.7 Å². The lowest BCUT2D eigenvalue weighted by Gasteiger charge is -2.42. The monoisotopic (exact) mass is 1080 g/mol. The zero-order valence-electron chi connectivity index (χ0n) is 69.2. The number of para-hydroxylation sites is 2. The summed E-state index contributed by atoms with van der Waals surface area (Å²) in [6.45, 7) is -4.84. The Kier molecular flexibility index (Phi) is 6.96. The quantitative estimate of drug-likeness (QED) is 0.123. The second-order valence-electron chi connectivity index (χ2n) is 22.9. The summed E-state index contributed by atoms with van der Waals surface area (Å²) in [4.78, 5) is 4.86. The molecule has 0 spiro atoms. The van der Waals surface area contributed by atoms with E-state index < -0.39 is 121 Å². The molecule has 1 aliphatic heterocycles. The van der Waals surface area contributed by atoms with E-state index in [1.165, 1.54) is 12.1 Å². The Hall–Kier alpha value is -8.80. The molecule has 0 saturated carbocycles. The van der Waals surface area contributed by atoms with E-state index in [0.29, 0.717) is 62.0 Å². The Balaban J connectivity index is 1.13. The third kappa shape index (κ3) is 8.34. The molecule has 14 rings (SSSR count). The van der Waals surface area contributed by atoms with Gasteiger partial charge >= 0.3 is 0 Å². The number of ether oxygens (including phenoxy) is 1. The van der Waals surface area contributed by atoms with Crippen molar-refractivity contribution >= 4 is 32.8 Å². The van der Waals surface area contributed by atoms with Crippen LogP contribution in [0.2, 0.25) is 0 Å². The lowest BCUT2D eigenvalue weighted by atomic mass is 9.63. The third-order valence-corrected chi connectivity index (χ3v) is 15.5. The van der Waals surface area contributed by atoms with Gasteiger partial charge in [0.2, 0.25) is 0 Å². The molecule has 3 aromatic heterocycles. The number of rotatable bonds is 6. The van der Waals surface area contributed by atoms with Gasteiger partial charge in [-0.1, -0.05) is 208 Å². The maximum absolute atomic E-state index is 10.5. The van der Waals surface area contributed by atoms with Crippen LogP contribution in [-0.2, 0) is 21.7 Å². The standard InChI is InChI=1S/C76H68N4O/c1-73(2,3)51-37-40-77-69(44-51)80-66-32-17-16-26-57(66)58-35-34-54(46-67(58)80)81-53-24-18-23-52(45-53)78-47-79-71-61(30-20-31-64(71)74(4,5)6)60-29-19-28-55(48-21-12-11-13-22-48)70(60)59-27-15-14-25-56(59)62-41-50(43-68(78)72(62)79)49-33-36-63-65(42-49)76(9,10)39-38-75(63,7)8/h11-37,40-46H,38-39H2,1-10H3/i7D3,8D3,9D3,10D3,11D,12D,13D,21D,22D,33D,36D,38D2,39D2,42D. The van der Waals surface area contributed by atoms with Gasteiger partial charge in [-0.15, -0.1) is 0 Å². The summed E-state index contributed by atoms with van der Waals surface area (Å²) in [5.41, 5.74) is -6.82. The number of pyridine rings is 1. The maximum atomic E-state index is 10.5. The van der Waals surface area contributed by atoms with Gasteiger partial charge in [-0.25, -0.2) is 4.98 Å². The lowest BCUT2D eigenvalue weighted by molar-refractivity contribution is -0.572. The molecule has 2 aliphatic rings. The van der Waals surface area contributed by atoms with Crippen LogP contribution in [0.25, 0.3) is 106 Å². The van der Waals surface area contributed by atoms with Crippen LogP contribution < -0.4 is 9.30 Å². The summed E-state index contributed by atoms with van der Waals surface area (Å²) in [5.74, 6) is 1.42. The highest BCUT2D eigenvalue weighted by Gasteiger charge is 2.38. The molecule has 0 saturated heterocycles. The normalized spacial score (nSPS) is 20.6. The van der Waals surface area contributed by atoms with Gasteiger partial charge in [0, 0.05) is 45.0 Å². The van der Waals surface area contributed by atoms with Crippen molar-refractivity contribution in [3.05, 3.63) is 235 Å². The fourth-order valence-electron chi connectivity index (χ4n) is 11.7. The molecule has 81 heavy (non-hydrogen) atoms. The van der Waals surface area contributed by atoms with E-state index in [1.54, 1.807) is 71.4 Å². The number of hydrogen-bond acceptors (Lipinski definition) is 2. The van der Waals surface area contributed by atoms with Gasteiger partial charge in [-0.2, -0.15) is 0 Å². The van der Waals surface area contributed by atoms with E-state index >= 15 is 0 Å². The number of hydrogen-bond donors (Lipinski definition) is 0. The van der Waals surface area contributed by atoms with E-state index in [4.69, 9.17) is 30.3 Å². The molecule has 0 atom stereocenters. The Bertz CT molecular complexity index is 5630. The summed E-state index contributed by atoms with van der Waals surface area (Å²) in [7, 11) is 0. The van der Waals surface area contributed by atoms with Crippen LogP contribution in [-0.4, -0.2) is 14.1 Å². The van der Waals surface area contributed by atoms with E-state index in [2.05, 4.69) is 37.7 Å². The molecule has 5 nitrogen and oxygen atoms in total. The van der Waals surface area contributed by atoms with Crippen molar-refractivity contribution in [2.45, 2.75) is 103 Å². The molecule has 0 unspecified atom stereocenters. The predicted molar refractivity (Wildman–Crippen MR) is 336 cm³/mol. The van der Waals surface area contributed by atoms with Crippen LogP contribution in [0, 0.1) is 6.33 Å². The first-order chi connectivity index (χ1) is 48.8. The van der Waals surface area contributed by atoms with Crippen molar-refractivity contribution in [1.29, 1.82) is 0 Å². The molecule has 0 bridgehead atoms. The van der Waals surface area contributed by atoms with Crippen molar-refractivity contribution in [3.8, 4) is 84.3 Å². The zero-order chi connectivity index (χ0) is 76.3. The number of nitrogens with zero attached hydrogens (tertiary/aromatic N) is 4. The molecule has 0 fully saturated rings. The number of fused-ring (bicyclic) bond motifs is 11. The first-order valence-corrected chi connectivity index (χ1v) is 26.7. The van der Waals surface area contributed by atoms with E-state index in [-0.39, 0.29) is 33.2 Å². The van der Waals surface area contributed by atoms with Gasteiger partial charge < -0.3 is 4.74 Å². The van der Waals surface area contributed by atoms with Gasteiger partial charge in [0.1, 0.15) is 17.3 Å². The Morgan fingerprint density at radius 1 is 0.568 bits per heavy atom. The van der Waals surface area contributed by atoms with Gasteiger partial charge in [0.15, 0.2) is 0 Å². The fraction of sp³-hybridized carbons (Fsp3) is 0.211. The Labute approximate surface area is 510 Å². The highest BCUT2D eigenvalue weighted by Crippen LogP contribution is 2.51. The predicted octanol–water partition coefficient (Wildman–Crippen LogP) is 19.6. The Morgan fingerprint density at radius 2 is 1.27 bits per heavy atom. The molecule has 1 aliphatic carbocycles. The van der Waals surface area contributed by atoms with Crippen LogP contribution in [0.5, 0.6) is 11.5 Å². The molecular formula is C76H68N4O. The molecule has 12 aromatic rings. The molecule has 0 radical (unpaired) electrons. The summed E-state index contributed by atoms with van der Waals surface area (Å²) in [6, 6.07) is 38.5. The van der Waals surface area contributed by atoms with Gasteiger partial charge in [0.05, 0.1) is 44.4 Å². The van der Waals surface area contributed by atoms with Crippen molar-refractivity contribution in [2.75, 3.05) is 0 Å². The van der Waals surface area contributed by atoms with Gasteiger partial charge in [0.25, 0.3) is 6.33 Å². The van der Waals surface area contributed by atoms with Crippen LogP contribution in [0.1, 0.15) is 137 Å². The minimum atomic E-state index is -4.59. The minimum absolute atomic E-state index is 0.146. The van der Waals surface area contributed by atoms with E-state index in [1.807, 2.05) is 98.1 Å². The zero-order valence-corrected chi connectivity index (χ0v) is 45.2. The van der Waals surface area contributed by atoms with E-state index in [9.17, 15) is 12.3 Å². The second-order valence-corrected chi connectivity index (χ2v) is 22.9. The van der Waals surface area contributed by atoms with Crippen molar-refractivity contribution < 1.29 is 42.2 Å². The number of imidazole rings is 1. The van der Waals surface area contributed by atoms with Crippen LogP contribution in [0.15, 0.2) is 206 Å². The van der Waals surface area contributed by atoms with E-state index in [0.717, 1.165) is 32.9 Å². The number of benzene rings is 9. The topological polar surface area (TPSA) is 35.9 Å². The summed E-state index contributed by atoms with van der Waals surface area (Å²) >= 11 is 0. The Morgan fingerprint density at radius 3 is 2.07 bits per heavy atom. The highest BCUT2D eigenvalue weighted by molar-refractivity contribution is 6.10. The average molecular weight is 1080 g/mol. The molecule has 9 aromatic carbocycles. The van der Waals surface area contributed by atoms with Crippen LogP contribution in [0.3, 0.4) is 0 Å². The summed E-state index contributed by atoms with van der Waals surface area (Å²) in [5, 5.41) is 1.90. The largest absolute Gasteiger partial charge is 0.458 e. The third-order valence-electron chi connectivity index (χ3n) is 15.5. The molecule has 5 heteroatoms. The lowest BCUT2D eigenvalue weighted by Crippen LogP contribution is -2.35. The fourth-order valence-corrected chi connectivity index (χ4v) is 11.7. The van der Waals surface area contributed by atoms with Crippen molar-refractivity contribution in [2.24, 2.45) is 0 Å². The second kappa shape index (κ2) is 18.4. The van der Waals surface area contributed by atoms with Gasteiger partial charge in [-0.05, 0) is 167 Å². The smallest absolute Gasteiger partial charge is 0.269 e. The van der Waals surface area contributed by atoms with Crippen LogP contribution >= 0.6 is 0 Å². The molecule has 398 valence electrons. The first-order valence-electron chi connectivity index (χ1n) is 38.7. The molecular weight excluding hydrogens is 985 g/mol. The SMILES string of the molecule is [2H]c1c([2H])c([2H])c(-c2cccc3c2-c2ccccc2-c2cc(-c4c([2H])c([2H])c5c(c4[2H])C(C([2H])([2H])[2H])(C([2H])([2H])[2H])C([2H])([2H])C([2H])([2H])C5(C([2H])([2H])[2H])C([2H])([2H])[2H])cc4c2[n+]([c-]n4-c2cccc(Oc4ccc5c6ccccc6n(-c6cc(C(C)(C)C)ccn6)c5c4)c2)-c2c-3cccc2C(C)(C)C)c([2H])c1[2H]. The molecule has 0 amide bonds. The highest BCUT2D eigenvalue weighted by atomic mass is 16.5. The average Bonchev–Trinajstić information content (AvgIpc) is 1.05.